The zero-order chi connectivity index (χ0) is 16.3. The van der Waals surface area contributed by atoms with E-state index in [0.717, 1.165) is 23.2 Å². The Hall–Kier alpha value is -1.84. The molecule has 1 saturated carbocycles. The molecule has 1 aliphatic rings. The van der Waals surface area contributed by atoms with Gasteiger partial charge in [-0.15, -0.1) is 0 Å². The van der Waals surface area contributed by atoms with E-state index in [9.17, 15) is 9.59 Å². The number of aryl methyl sites for hydroxylation is 2. The number of carbonyl (C=O) groups is 2. The molecule has 2 N–H and O–H groups in total. The average Bonchev–Trinajstić information content (AvgIpc) is 3.28. The van der Waals surface area contributed by atoms with Crippen LogP contribution in [0, 0.1) is 18.3 Å². The fraction of sp³-hybridized carbons (Fsp3) is 0.556. The Morgan fingerprint density at radius 1 is 1.23 bits per heavy atom. The fourth-order valence-electron chi connectivity index (χ4n) is 2.58. The van der Waals surface area contributed by atoms with Crippen molar-refractivity contribution in [2.45, 2.75) is 47.0 Å². The van der Waals surface area contributed by atoms with E-state index < -0.39 is 5.41 Å². The Morgan fingerprint density at radius 3 is 2.45 bits per heavy atom. The van der Waals surface area contributed by atoms with Gasteiger partial charge in [0.25, 0.3) is 0 Å². The van der Waals surface area contributed by atoms with Crippen molar-refractivity contribution in [3.8, 4) is 0 Å². The van der Waals surface area contributed by atoms with Crippen molar-refractivity contribution < 1.29 is 9.59 Å². The highest BCUT2D eigenvalue weighted by Gasteiger charge is 2.56. The first-order chi connectivity index (χ1) is 10.4. The maximum absolute atomic E-state index is 12.6. The summed E-state index contributed by atoms with van der Waals surface area (Å²) in [6, 6.07) is 5.99. The number of nitrogens with one attached hydrogen (secondary N) is 2. The van der Waals surface area contributed by atoms with Crippen LogP contribution in [0.4, 0.5) is 5.69 Å². The number of rotatable bonds is 6. The third-order valence-corrected chi connectivity index (χ3v) is 4.27. The number of anilines is 1. The smallest absolute Gasteiger partial charge is 0.240 e. The maximum atomic E-state index is 12.6. The number of para-hydroxylation sites is 1. The topological polar surface area (TPSA) is 58.2 Å². The summed E-state index contributed by atoms with van der Waals surface area (Å²) >= 11 is 0. The van der Waals surface area contributed by atoms with E-state index in [1.54, 1.807) is 0 Å². The molecule has 1 aromatic carbocycles. The predicted molar refractivity (Wildman–Crippen MR) is 88.7 cm³/mol. The fourth-order valence-corrected chi connectivity index (χ4v) is 2.58. The lowest BCUT2D eigenvalue weighted by Gasteiger charge is -2.19. The molecule has 0 heterocycles. The van der Waals surface area contributed by atoms with E-state index in [4.69, 9.17) is 0 Å². The lowest BCUT2D eigenvalue weighted by molar-refractivity contribution is -0.134. The van der Waals surface area contributed by atoms with Gasteiger partial charge in [-0.05, 0) is 43.2 Å². The molecule has 1 fully saturated rings. The van der Waals surface area contributed by atoms with E-state index >= 15 is 0 Å². The summed E-state index contributed by atoms with van der Waals surface area (Å²) in [5.74, 6) is 0.0777. The van der Waals surface area contributed by atoms with Crippen LogP contribution in [-0.2, 0) is 16.0 Å². The molecule has 0 unspecified atom stereocenters. The molecule has 22 heavy (non-hydrogen) atoms. The van der Waals surface area contributed by atoms with Crippen LogP contribution >= 0.6 is 0 Å². The molecule has 1 aromatic rings. The quantitative estimate of drug-likeness (QED) is 0.794. The molecule has 0 aliphatic heterocycles. The Labute approximate surface area is 132 Å². The maximum Gasteiger partial charge on any atom is 0.240 e. The zero-order valence-corrected chi connectivity index (χ0v) is 14.0. The molecule has 2 rings (SSSR count). The Kier molecular flexibility index (Phi) is 4.89. The molecule has 0 bridgehead atoms. The molecule has 0 aromatic heterocycles. The van der Waals surface area contributed by atoms with Crippen LogP contribution in [0.1, 0.15) is 44.7 Å². The Morgan fingerprint density at radius 2 is 1.91 bits per heavy atom. The normalized spacial score (nSPS) is 15.5. The van der Waals surface area contributed by atoms with Gasteiger partial charge < -0.3 is 10.6 Å². The van der Waals surface area contributed by atoms with Crippen LogP contribution in [0.25, 0.3) is 0 Å². The van der Waals surface area contributed by atoms with E-state index in [2.05, 4.69) is 17.6 Å². The van der Waals surface area contributed by atoms with Gasteiger partial charge in [0.2, 0.25) is 11.8 Å². The van der Waals surface area contributed by atoms with Gasteiger partial charge in [-0.2, -0.15) is 0 Å². The third kappa shape index (κ3) is 3.32. The van der Waals surface area contributed by atoms with E-state index in [1.807, 2.05) is 39.0 Å². The highest BCUT2D eigenvalue weighted by molar-refractivity contribution is 6.13. The number of amides is 2. The van der Waals surface area contributed by atoms with Crippen molar-refractivity contribution in [2.24, 2.45) is 11.3 Å². The molecule has 4 nitrogen and oxygen atoms in total. The largest absolute Gasteiger partial charge is 0.355 e. The van der Waals surface area contributed by atoms with Crippen molar-refractivity contribution in [1.29, 1.82) is 0 Å². The van der Waals surface area contributed by atoms with E-state index in [1.165, 1.54) is 0 Å². The summed E-state index contributed by atoms with van der Waals surface area (Å²) < 4.78 is 0. The molecule has 0 spiro atoms. The summed E-state index contributed by atoms with van der Waals surface area (Å²) in [4.78, 5) is 25.0. The van der Waals surface area contributed by atoms with Crippen LogP contribution in [-0.4, -0.2) is 18.4 Å². The standard InChI is InChI=1S/C18H26N2O2/c1-5-14-8-6-7-13(4)15(14)20-17(22)18(9-10-18)16(21)19-11-12(2)3/h6-8,12H,5,9-11H2,1-4H3,(H,19,21)(H,20,22). The van der Waals surface area contributed by atoms with Crippen LogP contribution in [0.3, 0.4) is 0 Å². The number of carbonyl (C=O) groups excluding carboxylic acids is 2. The molecule has 0 atom stereocenters. The van der Waals surface area contributed by atoms with Crippen molar-refractivity contribution in [2.75, 3.05) is 11.9 Å². The van der Waals surface area contributed by atoms with E-state index in [0.29, 0.717) is 25.3 Å². The lowest BCUT2D eigenvalue weighted by Crippen LogP contribution is -2.41. The van der Waals surface area contributed by atoms with Gasteiger partial charge in [0.1, 0.15) is 5.41 Å². The molecule has 1 aliphatic carbocycles. The highest BCUT2D eigenvalue weighted by atomic mass is 16.2. The average molecular weight is 302 g/mol. The summed E-state index contributed by atoms with van der Waals surface area (Å²) in [7, 11) is 0. The van der Waals surface area contributed by atoms with Crippen LogP contribution in [0.15, 0.2) is 18.2 Å². The van der Waals surface area contributed by atoms with Crippen LogP contribution < -0.4 is 10.6 Å². The van der Waals surface area contributed by atoms with Gasteiger partial charge in [-0.1, -0.05) is 39.0 Å². The zero-order valence-electron chi connectivity index (χ0n) is 14.0. The van der Waals surface area contributed by atoms with Crippen molar-refractivity contribution >= 4 is 17.5 Å². The lowest BCUT2D eigenvalue weighted by atomic mass is 10.0. The summed E-state index contributed by atoms with van der Waals surface area (Å²) in [6.07, 6.45) is 2.12. The molecule has 0 saturated heterocycles. The van der Waals surface area contributed by atoms with Gasteiger partial charge >= 0.3 is 0 Å². The monoisotopic (exact) mass is 302 g/mol. The van der Waals surface area contributed by atoms with Gasteiger partial charge in [0, 0.05) is 12.2 Å². The summed E-state index contributed by atoms with van der Waals surface area (Å²) in [5.41, 5.74) is 2.14. The minimum atomic E-state index is -0.859. The first-order valence-corrected chi connectivity index (χ1v) is 8.09. The first-order valence-electron chi connectivity index (χ1n) is 8.09. The van der Waals surface area contributed by atoms with Gasteiger partial charge in [-0.3, -0.25) is 9.59 Å². The molecule has 4 heteroatoms. The van der Waals surface area contributed by atoms with Crippen molar-refractivity contribution in [1.82, 2.24) is 5.32 Å². The SMILES string of the molecule is CCc1cccc(C)c1NC(=O)C1(C(=O)NCC(C)C)CC1. The molecule has 2 amide bonds. The van der Waals surface area contributed by atoms with Crippen molar-refractivity contribution in [3.63, 3.8) is 0 Å². The van der Waals surface area contributed by atoms with E-state index in [-0.39, 0.29) is 11.8 Å². The van der Waals surface area contributed by atoms with Crippen LogP contribution in [0.5, 0.6) is 0 Å². The number of benzene rings is 1. The predicted octanol–water partition coefficient (Wildman–Crippen LogP) is 3.05. The van der Waals surface area contributed by atoms with Gasteiger partial charge in [0.15, 0.2) is 0 Å². The molecule has 120 valence electrons. The second-order valence-corrected chi connectivity index (χ2v) is 6.60. The summed E-state index contributed by atoms with van der Waals surface area (Å²) in [5, 5.41) is 5.90. The second kappa shape index (κ2) is 6.51. The minimum absolute atomic E-state index is 0.134. The van der Waals surface area contributed by atoms with Crippen molar-refractivity contribution in [3.05, 3.63) is 29.3 Å². The Bertz CT molecular complexity index is 574. The molecular formula is C18H26N2O2. The molecule has 0 radical (unpaired) electrons. The second-order valence-electron chi connectivity index (χ2n) is 6.60. The minimum Gasteiger partial charge on any atom is -0.355 e. The summed E-state index contributed by atoms with van der Waals surface area (Å²) in [6.45, 7) is 8.74. The first kappa shape index (κ1) is 16.5. The number of hydrogen-bond donors (Lipinski definition) is 2. The molecular weight excluding hydrogens is 276 g/mol. The highest BCUT2D eigenvalue weighted by Crippen LogP contribution is 2.47. The third-order valence-electron chi connectivity index (χ3n) is 4.27. The number of hydrogen-bond acceptors (Lipinski definition) is 2. The van der Waals surface area contributed by atoms with Crippen LogP contribution in [0.2, 0.25) is 0 Å². The Balaban J connectivity index is 2.11. The van der Waals surface area contributed by atoms with Gasteiger partial charge in [0.05, 0.1) is 0 Å². The van der Waals surface area contributed by atoms with Gasteiger partial charge in [-0.25, -0.2) is 0 Å².